The highest BCUT2D eigenvalue weighted by molar-refractivity contribution is 6.06. The lowest BCUT2D eigenvalue weighted by molar-refractivity contribution is -0.140. The number of aliphatic carboxylic acids is 1. The molecule has 1 atom stereocenters. The topological polar surface area (TPSA) is 69.6 Å². The molecular weight excluding hydrogens is 306 g/mol. The van der Waals surface area contributed by atoms with Crippen molar-refractivity contribution in [3.63, 3.8) is 0 Å². The number of benzene rings is 2. The van der Waals surface area contributed by atoms with Crippen LogP contribution in [0.5, 0.6) is 0 Å². The molecule has 1 heterocycles. The minimum absolute atomic E-state index is 0.00333. The lowest BCUT2D eigenvalue weighted by atomic mass is 10.0. The van der Waals surface area contributed by atoms with E-state index in [0.717, 1.165) is 17.0 Å². The second kappa shape index (κ2) is 5.68. The third-order valence-corrected chi connectivity index (χ3v) is 3.60. The number of nitrogens with zero attached hydrogens (tertiary/aromatic N) is 1. The number of amides is 1. The van der Waals surface area contributed by atoms with Crippen LogP contribution in [0.2, 0.25) is 0 Å². The number of rotatable bonds is 3. The summed E-state index contributed by atoms with van der Waals surface area (Å²) in [5.74, 6) is -4.03. The predicted molar refractivity (Wildman–Crippen MR) is 79.2 cm³/mol. The van der Waals surface area contributed by atoms with E-state index >= 15 is 0 Å². The van der Waals surface area contributed by atoms with Crippen molar-refractivity contribution >= 4 is 23.3 Å². The first kappa shape index (κ1) is 15.0. The van der Waals surface area contributed by atoms with Crippen LogP contribution in [0.15, 0.2) is 42.5 Å². The Labute approximate surface area is 130 Å². The van der Waals surface area contributed by atoms with Crippen LogP contribution < -0.4 is 10.2 Å². The van der Waals surface area contributed by atoms with Gasteiger partial charge in [-0.25, -0.2) is 13.6 Å². The molecule has 2 aromatic carbocycles. The van der Waals surface area contributed by atoms with Gasteiger partial charge in [-0.1, -0.05) is 30.3 Å². The molecule has 23 heavy (non-hydrogen) atoms. The monoisotopic (exact) mass is 318 g/mol. The average molecular weight is 318 g/mol. The van der Waals surface area contributed by atoms with Gasteiger partial charge < -0.3 is 10.4 Å². The average Bonchev–Trinajstić information content (AvgIpc) is 2.52. The van der Waals surface area contributed by atoms with Gasteiger partial charge >= 0.3 is 5.97 Å². The zero-order valence-corrected chi connectivity index (χ0v) is 11.8. The van der Waals surface area contributed by atoms with Crippen LogP contribution in [0, 0.1) is 11.6 Å². The normalized spacial score (nSPS) is 14.9. The zero-order chi connectivity index (χ0) is 16.6. The number of hydrogen-bond donors (Lipinski definition) is 2. The Balaban J connectivity index is 2.16. The van der Waals surface area contributed by atoms with E-state index < -0.39 is 29.6 Å². The molecule has 0 radical (unpaired) electrons. The Bertz CT molecular complexity index is 780. The molecule has 7 heteroatoms. The van der Waals surface area contributed by atoms with E-state index in [9.17, 15) is 23.5 Å². The fourth-order valence-electron chi connectivity index (χ4n) is 2.59. The highest BCUT2D eigenvalue weighted by Gasteiger charge is 2.36. The van der Waals surface area contributed by atoms with Crippen molar-refractivity contribution in [2.75, 3.05) is 16.8 Å². The second-order valence-corrected chi connectivity index (χ2v) is 5.05. The van der Waals surface area contributed by atoms with Crippen molar-refractivity contribution < 1.29 is 23.5 Å². The molecule has 0 saturated carbocycles. The van der Waals surface area contributed by atoms with Gasteiger partial charge in [0.15, 0.2) is 17.7 Å². The number of carboxylic acids is 1. The van der Waals surface area contributed by atoms with Crippen LogP contribution in [0.1, 0.15) is 11.6 Å². The Morgan fingerprint density at radius 2 is 1.83 bits per heavy atom. The number of hydrogen-bond acceptors (Lipinski definition) is 3. The number of carbonyl (C=O) groups excluding carboxylic acids is 1. The minimum atomic E-state index is -1.32. The lowest BCUT2D eigenvalue weighted by Gasteiger charge is -2.34. The highest BCUT2D eigenvalue weighted by Crippen LogP contribution is 2.37. The molecule has 1 amide bonds. The van der Waals surface area contributed by atoms with Crippen molar-refractivity contribution in [3.05, 3.63) is 59.7 Å². The largest absolute Gasteiger partial charge is 0.479 e. The highest BCUT2D eigenvalue weighted by atomic mass is 19.2. The van der Waals surface area contributed by atoms with Crippen LogP contribution in [-0.4, -0.2) is 23.5 Å². The van der Waals surface area contributed by atoms with E-state index in [1.54, 1.807) is 30.3 Å². The zero-order valence-electron chi connectivity index (χ0n) is 11.8. The number of fused-ring (bicyclic) bond motifs is 1. The quantitative estimate of drug-likeness (QED) is 0.912. The number of carbonyl (C=O) groups is 2. The molecule has 0 bridgehead atoms. The summed E-state index contributed by atoms with van der Waals surface area (Å²) in [6.45, 7) is -0.200. The van der Waals surface area contributed by atoms with Crippen molar-refractivity contribution in [1.82, 2.24) is 0 Å². The molecule has 3 rings (SSSR count). The van der Waals surface area contributed by atoms with Gasteiger partial charge in [-0.15, -0.1) is 0 Å². The maximum Gasteiger partial charge on any atom is 0.331 e. The Hall–Kier alpha value is -2.96. The van der Waals surface area contributed by atoms with Crippen LogP contribution in [0.25, 0.3) is 0 Å². The first-order valence-corrected chi connectivity index (χ1v) is 6.82. The minimum Gasteiger partial charge on any atom is -0.479 e. The number of halogens is 2. The number of carboxylic acid groups (broad SMARTS) is 1. The van der Waals surface area contributed by atoms with Crippen LogP contribution in [0.4, 0.5) is 20.2 Å². The summed E-state index contributed by atoms with van der Waals surface area (Å²) in [6.07, 6.45) is 0. The summed E-state index contributed by atoms with van der Waals surface area (Å²) in [7, 11) is 0. The summed E-state index contributed by atoms with van der Waals surface area (Å²) in [4.78, 5) is 25.0. The molecule has 0 aliphatic carbocycles. The number of nitrogens with one attached hydrogen (secondary N) is 1. The molecule has 1 aliphatic rings. The van der Waals surface area contributed by atoms with Crippen molar-refractivity contribution in [3.8, 4) is 0 Å². The van der Waals surface area contributed by atoms with Crippen LogP contribution in [-0.2, 0) is 9.59 Å². The van der Waals surface area contributed by atoms with Gasteiger partial charge in [0.1, 0.15) is 0 Å². The van der Waals surface area contributed by atoms with E-state index in [1.807, 2.05) is 0 Å². The van der Waals surface area contributed by atoms with Gasteiger partial charge in [0.05, 0.1) is 17.9 Å². The number of anilines is 2. The summed E-state index contributed by atoms with van der Waals surface area (Å²) in [6, 6.07) is 8.54. The van der Waals surface area contributed by atoms with E-state index in [0.29, 0.717) is 5.56 Å². The van der Waals surface area contributed by atoms with E-state index in [2.05, 4.69) is 5.32 Å². The molecule has 118 valence electrons. The Morgan fingerprint density at radius 3 is 2.48 bits per heavy atom. The van der Waals surface area contributed by atoms with Crippen LogP contribution in [0.3, 0.4) is 0 Å². The van der Waals surface area contributed by atoms with E-state index in [1.165, 1.54) is 0 Å². The molecule has 2 aromatic rings. The maximum atomic E-state index is 13.6. The maximum absolute atomic E-state index is 13.6. The van der Waals surface area contributed by atoms with Crippen molar-refractivity contribution in [2.24, 2.45) is 0 Å². The van der Waals surface area contributed by atoms with Gasteiger partial charge in [0.2, 0.25) is 5.91 Å². The molecule has 1 aliphatic heterocycles. The third-order valence-electron chi connectivity index (χ3n) is 3.60. The second-order valence-electron chi connectivity index (χ2n) is 5.05. The van der Waals surface area contributed by atoms with Crippen molar-refractivity contribution in [2.45, 2.75) is 6.04 Å². The summed E-state index contributed by atoms with van der Waals surface area (Å²) in [5.41, 5.74) is 0.535. The first-order valence-electron chi connectivity index (χ1n) is 6.82. The molecule has 5 nitrogen and oxygen atoms in total. The van der Waals surface area contributed by atoms with Gasteiger partial charge in [0.25, 0.3) is 0 Å². The van der Waals surface area contributed by atoms with Crippen molar-refractivity contribution in [1.29, 1.82) is 0 Å². The third kappa shape index (κ3) is 2.61. The Morgan fingerprint density at radius 1 is 1.17 bits per heavy atom. The Kier molecular flexibility index (Phi) is 3.69. The van der Waals surface area contributed by atoms with E-state index in [-0.39, 0.29) is 17.9 Å². The smallest absolute Gasteiger partial charge is 0.331 e. The molecule has 0 aromatic heterocycles. The van der Waals surface area contributed by atoms with Gasteiger partial charge in [-0.05, 0) is 5.56 Å². The molecule has 0 saturated heterocycles. The van der Waals surface area contributed by atoms with Gasteiger partial charge in [-0.3, -0.25) is 9.69 Å². The molecule has 0 spiro atoms. The van der Waals surface area contributed by atoms with E-state index in [4.69, 9.17) is 0 Å². The molecule has 0 fully saturated rings. The molecule has 1 unspecified atom stereocenters. The van der Waals surface area contributed by atoms with Gasteiger partial charge in [-0.2, -0.15) is 0 Å². The molecular formula is C16H12F2N2O3. The predicted octanol–water partition coefficient (Wildman–Crippen LogP) is 2.55. The summed E-state index contributed by atoms with van der Waals surface area (Å²) in [5, 5.41) is 12.2. The van der Waals surface area contributed by atoms with Crippen LogP contribution >= 0.6 is 0 Å². The summed E-state index contributed by atoms with van der Waals surface area (Å²) < 4.78 is 27.0. The SMILES string of the molecule is O=C(O)C(c1ccccc1)N1C(=O)CNc2cc(F)c(F)cc21. The standard InChI is InChI=1S/C16H12F2N2O3/c17-10-6-12-13(7-11(10)18)20(14(21)8-19-12)15(16(22)23)9-4-2-1-3-5-9/h1-7,15,19H,8H2,(H,22,23). The molecule has 2 N–H and O–H groups in total. The van der Waals surface area contributed by atoms with Gasteiger partial charge in [0, 0.05) is 12.1 Å². The first-order chi connectivity index (χ1) is 11.0. The lowest BCUT2D eigenvalue weighted by Crippen LogP contribution is -2.45. The fourth-order valence-corrected chi connectivity index (χ4v) is 2.59. The summed E-state index contributed by atoms with van der Waals surface area (Å²) >= 11 is 0. The fraction of sp³-hybridized carbons (Fsp3) is 0.125.